The Morgan fingerprint density at radius 3 is 2.74 bits per heavy atom. The fourth-order valence-corrected chi connectivity index (χ4v) is 2.99. The average molecular weight is 364 g/mol. The first-order chi connectivity index (χ1) is 12.9. The monoisotopic (exact) mass is 364 g/mol. The van der Waals surface area contributed by atoms with E-state index >= 15 is 0 Å². The third-order valence-electron chi connectivity index (χ3n) is 4.33. The molecule has 0 atom stereocenters. The number of anilines is 1. The van der Waals surface area contributed by atoms with E-state index in [1.807, 2.05) is 12.3 Å². The summed E-state index contributed by atoms with van der Waals surface area (Å²) in [5, 5.41) is 10.2. The van der Waals surface area contributed by atoms with Gasteiger partial charge in [0.1, 0.15) is 5.82 Å². The summed E-state index contributed by atoms with van der Waals surface area (Å²) in [6.07, 6.45) is 6.60. The number of carbonyl (C=O) groups excluding carboxylic acids is 1. The van der Waals surface area contributed by atoms with Crippen LogP contribution in [0.25, 0.3) is 17.0 Å². The van der Waals surface area contributed by atoms with Crippen molar-refractivity contribution in [2.45, 2.75) is 6.54 Å². The maximum atomic E-state index is 12.4. The van der Waals surface area contributed by atoms with Gasteiger partial charge in [0.2, 0.25) is 5.91 Å². The second-order valence-electron chi connectivity index (χ2n) is 6.32. The summed E-state index contributed by atoms with van der Waals surface area (Å²) >= 11 is 0. The van der Waals surface area contributed by atoms with Gasteiger partial charge in [-0.25, -0.2) is 9.78 Å². The van der Waals surface area contributed by atoms with E-state index in [0.717, 1.165) is 16.5 Å². The van der Waals surface area contributed by atoms with Crippen LogP contribution in [-0.4, -0.2) is 38.5 Å². The van der Waals surface area contributed by atoms with Gasteiger partial charge in [-0.1, -0.05) is 12.1 Å². The molecule has 1 amide bonds. The number of fused-ring (bicyclic) bond motifs is 1. The maximum Gasteiger partial charge on any atom is 0.337 e. The van der Waals surface area contributed by atoms with Crippen LogP contribution in [0, 0.1) is 0 Å². The van der Waals surface area contributed by atoms with Crippen molar-refractivity contribution in [1.29, 1.82) is 0 Å². The van der Waals surface area contributed by atoms with Gasteiger partial charge in [0.05, 0.1) is 11.1 Å². The molecule has 3 aromatic rings. The van der Waals surface area contributed by atoms with Crippen LogP contribution in [0.1, 0.15) is 21.5 Å². The minimum absolute atomic E-state index is 0.168. The molecule has 0 saturated heterocycles. The van der Waals surface area contributed by atoms with Crippen LogP contribution in [0.5, 0.6) is 0 Å². The highest BCUT2D eigenvalue weighted by atomic mass is 16.4. The Kier molecular flexibility index (Phi) is 4.94. The summed E-state index contributed by atoms with van der Waals surface area (Å²) < 4.78 is 1.78. The lowest BCUT2D eigenvalue weighted by molar-refractivity contribution is -0.125. The van der Waals surface area contributed by atoms with Crippen molar-refractivity contribution in [1.82, 2.24) is 14.5 Å². The van der Waals surface area contributed by atoms with Crippen molar-refractivity contribution >= 4 is 34.7 Å². The summed E-state index contributed by atoms with van der Waals surface area (Å²) in [5.74, 6) is -0.719. The number of carboxylic acids is 1. The molecule has 0 aliphatic heterocycles. The lowest BCUT2D eigenvalue weighted by atomic mass is 10.1. The molecule has 2 aromatic heterocycles. The number of hydrogen-bond acceptors (Lipinski definition) is 4. The third-order valence-corrected chi connectivity index (χ3v) is 4.33. The summed E-state index contributed by atoms with van der Waals surface area (Å²) in [5.41, 5.74) is 8.09. The van der Waals surface area contributed by atoms with Gasteiger partial charge in [-0.2, -0.15) is 0 Å². The number of rotatable bonds is 5. The van der Waals surface area contributed by atoms with Gasteiger partial charge in [-0.3, -0.25) is 4.79 Å². The summed E-state index contributed by atoms with van der Waals surface area (Å²) in [4.78, 5) is 29.4. The van der Waals surface area contributed by atoms with Crippen molar-refractivity contribution in [3.05, 3.63) is 65.5 Å². The molecule has 27 heavy (non-hydrogen) atoms. The number of carboxylic acid groups (broad SMARTS) is 1. The molecule has 0 bridgehead atoms. The zero-order valence-electron chi connectivity index (χ0n) is 15.1. The summed E-state index contributed by atoms with van der Waals surface area (Å²) in [6, 6.07) is 8.61. The molecule has 138 valence electrons. The molecule has 3 N–H and O–H groups in total. The zero-order valence-corrected chi connectivity index (χ0v) is 15.1. The first kappa shape index (κ1) is 18.2. The highest BCUT2D eigenvalue weighted by Crippen LogP contribution is 2.25. The molecular formula is C20H20N4O3. The highest BCUT2D eigenvalue weighted by molar-refractivity contribution is 6.03. The normalized spacial score (nSPS) is 11.2. The molecule has 0 saturated carbocycles. The minimum atomic E-state index is -0.974. The van der Waals surface area contributed by atoms with Gasteiger partial charge in [0, 0.05) is 44.5 Å². The molecule has 0 aliphatic carbocycles. The Labute approximate surface area is 156 Å². The van der Waals surface area contributed by atoms with E-state index in [9.17, 15) is 14.7 Å². The number of benzene rings is 1. The number of likely N-dealkylation sites (N-methyl/N-ethyl adjacent to an activating group) is 1. The van der Waals surface area contributed by atoms with E-state index in [0.29, 0.717) is 17.9 Å². The number of para-hydroxylation sites is 1. The highest BCUT2D eigenvalue weighted by Gasteiger charge is 2.16. The molecule has 7 heteroatoms. The van der Waals surface area contributed by atoms with Crippen LogP contribution < -0.4 is 5.73 Å². The van der Waals surface area contributed by atoms with Crippen molar-refractivity contribution in [3.8, 4) is 0 Å². The molecule has 0 radical (unpaired) electrons. The molecule has 0 spiro atoms. The fraction of sp³-hybridized carbons (Fsp3) is 0.150. The Morgan fingerprint density at radius 1 is 1.30 bits per heavy atom. The van der Waals surface area contributed by atoms with E-state index in [2.05, 4.69) is 4.98 Å². The van der Waals surface area contributed by atoms with Crippen molar-refractivity contribution in [2.75, 3.05) is 12.8 Å². The Balaban J connectivity index is 1.80. The Hall–Kier alpha value is -3.61. The van der Waals surface area contributed by atoms with Gasteiger partial charge in [0.15, 0.2) is 0 Å². The molecule has 1 aromatic carbocycles. The van der Waals surface area contributed by atoms with Gasteiger partial charge in [0.25, 0.3) is 0 Å². The predicted molar refractivity (Wildman–Crippen MR) is 104 cm³/mol. The fourth-order valence-electron chi connectivity index (χ4n) is 2.99. The quantitative estimate of drug-likeness (QED) is 0.678. The lowest BCUT2D eigenvalue weighted by Crippen LogP contribution is -2.24. The first-order valence-electron chi connectivity index (χ1n) is 8.31. The number of nitrogen functional groups attached to an aromatic ring is 1. The summed E-state index contributed by atoms with van der Waals surface area (Å²) in [7, 11) is 3.50. The third kappa shape index (κ3) is 3.82. The number of carbonyl (C=O) groups is 2. The Morgan fingerprint density at radius 2 is 2.07 bits per heavy atom. The summed E-state index contributed by atoms with van der Waals surface area (Å²) in [6.45, 7) is 0.365. The predicted octanol–water partition coefficient (Wildman–Crippen LogP) is 2.53. The van der Waals surface area contributed by atoms with E-state index < -0.39 is 5.97 Å². The number of aromatic nitrogens is 2. The van der Waals surface area contributed by atoms with E-state index in [1.54, 1.807) is 60.1 Å². The van der Waals surface area contributed by atoms with E-state index in [4.69, 9.17) is 5.73 Å². The van der Waals surface area contributed by atoms with E-state index in [1.165, 1.54) is 6.08 Å². The van der Waals surface area contributed by atoms with Gasteiger partial charge in [-0.05, 0) is 35.4 Å². The lowest BCUT2D eigenvalue weighted by Gasteiger charge is -2.14. The van der Waals surface area contributed by atoms with Crippen LogP contribution in [0.4, 0.5) is 5.82 Å². The standard InChI is InChI=1S/C20H20N4O3/c1-23(18(25)9-7-13-6-8-17(21)22-10-13)11-14-12-24(2)19-15(14)4-3-5-16(19)20(26)27/h3-10,12H,11H2,1-2H3,(H2,21,22)(H,26,27). The number of amides is 1. The van der Waals surface area contributed by atoms with E-state index in [-0.39, 0.29) is 11.5 Å². The van der Waals surface area contributed by atoms with Crippen molar-refractivity contribution in [3.63, 3.8) is 0 Å². The number of nitrogens with zero attached hydrogens (tertiary/aromatic N) is 3. The molecule has 0 unspecified atom stereocenters. The van der Waals surface area contributed by atoms with Crippen LogP contribution in [-0.2, 0) is 18.4 Å². The molecule has 0 aliphatic rings. The average Bonchev–Trinajstić information content (AvgIpc) is 2.96. The number of nitrogens with two attached hydrogens (primary N) is 1. The number of pyridine rings is 1. The van der Waals surface area contributed by atoms with Gasteiger partial charge >= 0.3 is 5.97 Å². The van der Waals surface area contributed by atoms with Crippen LogP contribution >= 0.6 is 0 Å². The second kappa shape index (κ2) is 7.33. The molecule has 7 nitrogen and oxygen atoms in total. The zero-order chi connectivity index (χ0) is 19.6. The smallest absolute Gasteiger partial charge is 0.337 e. The molecule has 0 fully saturated rings. The largest absolute Gasteiger partial charge is 0.478 e. The molecule has 2 heterocycles. The van der Waals surface area contributed by atoms with Crippen molar-refractivity contribution in [2.24, 2.45) is 7.05 Å². The van der Waals surface area contributed by atoms with Crippen LogP contribution in [0.3, 0.4) is 0 Å². The van der Waals surface area contributed by atoms with Crippen molar-refractivity contribution < 1.29 is 14.7 Å². The topological polar surface area (TPSA) is 101 Å². The van der Waals surface area contributed by atoms with Gasteiger partial charge < -0.3 is 20.3 Å². The Bertz CT molecular complexity index is 1040. The van der Waals surface area contributed by atoms with Crippen LogP contribution in [0.2, 0.25) is 0 Å². The minimum Gasteiger partial charge on any atom is -0.478 e. The molecule has 3 rings (SSSR count). The molecular weight excluding hydrogens is 344 g/mol. The second-order valence-corrected chi connectivity index (χ2v) is 6.32. The van der Waals surface area contributed by atoms with Crippen LogP contribution in [0.15, 0.2) is 48.8 Å². The maximum absolute atomic E-state index is 12.4. The SMILES string of the molecule is CN(Cc1cn(C)c2c(C(=O)O)cccc12)C(=O)C=Cc1ccc(N)nc1. The first-order valence-corrected chi connectivity index (χ1v) is 8.31. The number of aryl methyl sites for hydroxylation is 1. The number of aromatic carboxylic acids is 1. The number of hydrogen-bond donors (Lipinski definition) is 2. The van der Waals surface area contributed by atoms with Gasteiger partial charge in [-0.15, -0.1) is 0 Å².